The Morgan fingerprint density at radius 3 is 2.58 bits per heavy atom. The monoisotopic (exact) mass is 904 g/mol. The number of hydrogen-bond donors (Lipinski definition) is 4. The first-order valence-corrected chi connectivity index (χ1v) is 22.4. The van der Waals surface area contributed by atoms with E-state index in [0.717, 1.165) is 37.7 Å². The van der Waals surface area contributed by atoms with Gasteiger partial charge >= 0.3 is 5.69 Å². The van der Waals surface area contributed by atoms with E-state index in [-0.39, 0.29) is 72.4 Å². The van der Waals surface area contributed by atoms with Crippen molar-refractivity contribution in [2.75, 3.05) is 55.7 Å². The topological polar surface area (TPSA) is 221 Å². The molecule has 1 aliphatic carbocycles. The number of alkyl halides is 3. The number of para-hydroxylation sites is 1. The number of halogens is 3. The lowest BCUT2D eigenvalue weighted by molar-refractivity contribution is -0.135. The van der Waals surface area contributed by atoms with Gasteiger partial charge in [-0.1, -0.05) is 6.07 Å². The van der Waals surface area contributed by atoms with Gasteiger partial charge in [-0.3, -0.25) is 38.7 Å². The minimum absolute atomic E-state index is 0.0428. The highest BCUT2D eigenvalue weighted by Crippen LogP contribution is 2.35. The van der Waals surface area contributed by atoms with Crippen LogP contribution in [0, 0.1) is 5.92 Å². The highest BCUT2D eigenvalue weighted by Gasteiger charge is 2.41. The number of imidazole rings is 1. The molecule has 5 saturated heterocycles. The van der Waals surface area contributed by atoms with Gasteiger partial charge in [0.2, 0.25) is 11.8 Å². The number of morpholine rings is 1. The summed E-state index contributed by atoms with van der Waals surface area (Å²) in [6.45, 7) is 3.99. The van der Waals surface area contributed by atoms with Crippen LogP contribution in [0.2, 0.25) is 0 Å². The van der Waals surface area contributed by atoms with E-state index in [1.54, 1.807) is 19.2 Å². The molecular weight excluding hydrogens is 850 g/mol. The van der Waals surface area contributed by atoms with Crippen LogP contribution in [0.5, 0.6) is 0 Å². The number of likely N-dealkylation sites (tertiary alicyclic amines) is 1. The quantitative estimate of drug-likeness (QED) is 0.110. The van der Waals surface area contributed by atoms with Gasteiger partial charge in [0.05, 0.1) is 65.0 Å². The van der Waals surface area contributed by atoms with Crippen molar-refractivity contribution in [3.63, 3.8) is 0 Å². The van der Waals surface area contributed by atoms with E-state index in [9.17, 15) is 28.0 Å². The van der Waals surface area contributed by atoms with E-state index < -0.39 is 42.3 Å². The number of aromatic nitrogens is 4. The van der Waals surface area contributed by atoms with Crippen molar-refractivity contribution >= 4 is 52.0 Å². The maximum absolute atomic E-state index is 15.6. The van der Waals surface area contributed by atoms with E-state index in [1.807, 2.05) is 12.1 Å². The van der Waals surface area contributed by atoms with Crippen molar-refractivity contribution in [2.45, 2.75) is 100 Å². The Hall–Kier alpha value is -5.80. The molecule has 2 bridgehead atoms. The Morgan fingerprint density at radius 2 is 1.89 bits per heavy atom. The van der Waals surface area contributed by atoms with Gasteiger partial charge in [-0.15, -0.1) is 0 Å². The SMILES string of the molecule is Cn1c(=O)n(C2CCC(=O)NC2=O)c2cccc(N3CC(O[C@H]4CCN(CC5CCC(N=C/C(NC(=O)/C(=C/N)c6nccc(N7C[C@H]8C[C@@H]7CO8)n6)=C(\N)C(F)F)CC5)C[C@@H]4F)C3)c21. The molecule has 6 fully saturated rings. The molecule has 0 spiro atoms. The summed E-state index contributed by atoms with van der Waals surface area (Å²) in [6.07, 6.45) is 3.82. The van der Waals surface area contributed by atoms with E-state index in [0.29, 0.717) is 74.8 Å². The third-order valence-corrected chi connectivity index (χ3v) is 13.8. The van der Waals surface area contributed by atoms with Crippen molar-refractivity contribution in [1.82, 2.24) is 34.6 Å². The van der Waals surface area contributed by atoms with Crippen LogP contribution in [0.25, 0.3) is 16.6 Å². The second-order valence-corrected chi connectivity index (χ2v) is 18.0. The summed E-state index contributed by atoms with van der Waals surface area (Å²) in [4.78, 5) is 70.9. The summed E-state index contributed by atoms with van der Waals surface area (Å²) in [7, 11) is 1.67. The number of amides is 3. The minimum Gasteiger partial charge on any atom is -0.404 e. The normalized spacial score (nSPS) is 28.3. The molecule has 5 aliphatic heterocycles. The number of nitrogens with two attached hydrogens (primary N) is 2. The largest absolute Gasteiger partial charge is 0.404 e. The van der Waals surface area contributed by atoms with Gasteiger partial charge in [0.25, 0.3) is 12.3 Å². The molecule has 0 radical (unpaired) electrons. The number of fused-ring (bicyclic) bond motifs is 3. The van der Waals surface area contributed by atoms with Gasteiger partial charge in [0, 0.05) is 71.3 Å². The standard InChI is InChI=1S/C44H55F3N12O6/c1-55-39-32(3-2-4-33(39)59(44(55)63)34-9-10-37(60)54-43(34)62)57-19-28(20-57)65-35-12-14-56(22-30(35)45)18-24-5-7-25(8-6-24)51-17-31(38(49)40(46)47)52-42(61)29(16-48)41-50-13-11-36(53-41)58-21-27-15-26(58)23-64-27/h2-4,11,13,16-17,24-28,30,34-35,40H,5-10,12,14-15,18-23,48-49H2,1H3,(H,52,61)(H,54,60,62)/b29-16+,38-31+,51-17?/t24?,25?,26-,27-,30+,34?,35+/m1/s1. The molecule has 9 rings (SSSR count). The first kappa shape index (κ1) is 44.4. The van der Waals surface area contributed by atoms with E-state index in [2.05, 4.69) is 40.3 Å². The highest BCUT2D eigenvalue weighted by molar-refractivity contribution is 6.19. The number of nitrogens with one attached hydrogen (secondary N) is 2. The number of benzene rings is 1. The number of anilines is 2. The Morgan fingerprint density at radius 1 is 1.09 bits per heavy atom. The Balaban J connectivity index is 0.736. The van der Waals surface area contributed by atoms with Crippen LogP contribution in [0.3, 0.4) is 0 Å². The molecule has 1 unspecified atom stereocenters. The van der Waals surface area contributed by atoms with Crippen molar-refractivity contribution in [2.24, 2.45) is 29.4 Å². The lowest BCUT2D eigenvalue weighted by Crippen LogP contribution is -2.56. The summed E-state index contributed by atoms with van der Waals surface area (Å²) < 4.78 is 58.4. The molecule has 6 aliphatic rings. The average Bonchev–Trinajstić information content (AvgIpc) is 3.99. The number of nitrogens with zero attached hydrogens (tertiary/aromatic N) is 8. The van der Waals surface area contributed by atoms with E-state index in [4.69, 9.17) is 20.9 Å². The molecule has 1 aromatic carbocycles. The zero-order valence-corrected chi connectivity index (χ0v) is 36.2. The van der Waals surface area contributed by atoms with Crippen molar-refractivity contribution in [3.05, 3.63) is 64.4 Å². The third-order valence-electron chi connectivity index (χ3n) is 13.8. The first-order valence-electron chi connectivity index (χ1n) is 22.4. The van der Waals surface area contributed by atoms with Crippen molar-refractivity contribution in [3.8, 4) is 0 Å². The zero-order valence-electron chi connectivity index (χ0n) is 36.2. The lowest BCUT2D eigenvalue weighted by atomic mass is 9.85. The number of rotatable bonds is 13. The molecule has 348 valence electrons. The molecule has 21 heteroatoms. The van der Waals surface area contributed by atoms with Gasteiger partial charge in [-0.05, 0) is 69.1 Å². The van der Waals surface area contributed by atoms with Crippen LogP contribution in [-0.4, -0.2) is 137 Å². The molecule has 7 heterocycles. The highest BCUT2D eigenvalue weighted by atomic mass is 19.3. The Bertz CT molecular complexity index is 2460. The molecule has 65 heavy (non-hydrogen) atoms. The Kier molecular flexibility index (Phi) is 12.7. The maximum atomic E-state index is 15.6. The number of imide groups is 1. The van der Waals surface area contributed by atoms with Gasteiger partial charge in [0.15, 0.2) is 5.82 Å². The number of piperidine rings is 2. The molecule has 3 amide bonds. The molecule has 2 aromatic heterocycles. The Labute approximate surface area is 372 Å². The van der Waals surface area contributed by atoms with Crippen LogP contribution in [-0.2, 0) is 30.9 Å². The van der Waals surface area contributed by atoms with Crippen molar-refractivity contribution < 1.29 is 37.0 Å². The third kappa shape index (κ3) is 9.09. The van der Waals surface area contributed by atoms with E-state index >= 15 is 4.39 Å². The summed E-state index contributed by atoms with van der Waals surface area (Å²) >= 11 is 0. The molecule has 1 saturated carbocycles. The number of aryl methyl sites for hydroxylation is 1. The van der Waals surface area contributed by atoms with Crippen LogP contribution in [0.15, 0.2) is 57.8 Å². The number of carbonyl (C=O) groups excluding carboxylic acids is 3. The predicted molar refractivity (Wildman–Crippen MR) is 235 cm³/mol. The van der Waals surface area contributed by atoms with Crippen LogP contribution in [0.1, 0.15) is 63.2 Å². The fourth-order valence-corrected chi connectivity index (χ4v) is 10.2. The first-order chi connectivity index (χ1) is 31.3. The molecule has 3 aromatic rings. The number of hydrogen-bond acceptors (Lipinski definition) is 14. The fourth-order valence-electron chi connectivity index (χ4n) is 10.2. The summed E-state index contributed by atoms with van der Waals surface area (Å²) in [5, 5.41) is 4.81. The molecule has 18 nitrogen and oxygen atoms in total. The van der Waals surface area contributed by atoms with Gasteiger partial charge in [0.1, 0.15) is 23.7 Å². The second kappa shape index (κ2) is 18.6. The van der Waals surface area contributed by atoms with Crippen LogP contribution < -0.4 is 37.6 Å². The van der Waals surface area contributed by atoms with Crippen LogP contribution in [0.4, 0.5) is 24.7 Å². The number of ether oxygens (including phenoxy) is 2. The minimum atomic E-state index is -3.05. The van der Waals surface area contributed by atoms with Gasteiger partial charge in [-0.2, -0.15) is 0 Å². The fraction of sp³-hybridized carbons (Fsp3) is 0.568. The predicted octanol–water partition coefficient (Wildman–Crippen LogP) is 1.88. The lowest BCUT2D eigenvalue weighted by Gasteiger charge is -2.44. The van der Waals surface area contributed by atoms with Crippen molar-refractivity contribution in [1.29, 1.82) is 0 Å². The summed E-state index contributed by atoms with van der Waals surface area (Å²) in [5.41, 5.74) is 12.1. The number of allylic oxidation sites excluding steroid dienone is 2. The van der Waals surface area contributed by atoms with Crippen LogP contribution >= 0.6 is 0 Å². The summed E-state index contributed by atoms with van der Waals surface area (Å²) in [5.74, 6) is -0.668. The molecular formula is C44H55F3N12O6. The number of aliphatic imine (C=N–C) groups is 1. The average molecular weight is 905 g/mol. The second-order valence-electron chi connectivity index (χ2n) is 18.0. The van der Waals surface area contributed by atoms with E-state index in [1.165, 1.54) is 21.5 Å². The molecule has 5 atom stereocenters. The smallest absolute Gasteiger partial charge is 0.329 e. The molecule has 6 N–H and O–H groups in total. The summed E-state index contributed by atoms with van der Waals surface area (Å²) in [6, 6.07) is 6.52. The number of carbonyl (C=O) groups is 3. The van der Waals surface area contributed by atoms with Gasteiger partial charge in [-0.25, -0.2) is 27.9 Å². The zero-order chi connectivity index (χ0) is 45.5. The van der Waals surface area contributed by atoms with Gasteiger partial charge < -0.3 is 36.1 Å². The maximum Gasteiger partial charge on any atom is 0.329 e.